The number of hydrazone groups is 1. The van der Waals surface area contributed by atoms with Crippen LogP contribution in [0.2, 0.25) is 0 Å². The number of nitrogens with one attached hydrogen (secondary N) is 1. The van der Waals surface area contributed by atoms with Gasteiger partial charge in [0.25, 0.3) is 5.91 Å². The van der Waals surface area contributed by atoms with Crippen molar-refractivity contribution in [2.75, 3.05) is 6.54 Å². The van der Waals surface area contributed by atoms with Crippen molar-refractivity contribution in [3.8, 4) is 0 Å². The highest BCUT2D eigenvalue weighted by Gasteiger charge is 2.45. The molecule has 0 aromatic carbocycles. The second-order valence-electron chi connectivity index (χ2n) is 5.92. The van der Waals surface area contributed by atoms with Crippen LogP contribution in [0.15, 0.2) is 5.10 Å². The van der Waals surface area contributed by atoms with Crippen LogP contribution in [0.4, 0.5) is 0 Å². The van der Waals surface area contributed by atoms with Crippen LogP contribution in [-0.4, -0.2) is 46.1 Å². The normalized spacial score (nSPS) is 25.7. The summed E-state index contributed by atoms with van der Waals surface area (Å²) in [4.78, 5) is 36.4. The third-order valence-electron chi connectivity index (χ3n) is 3.92. The average Bonchev–Trinajstić information content (AvgIpc) is 2.36. The number of carbonyl (C=O) groups excluding carboxylic acids is 2. The van der Waals surface area contributed by atoms with E-state index in [1.807, 2.05) is 13.8 Å². The third kappa shape index (κ3) is 2.66. The van der Waals surface area contributed by atoms with E-state index in [4.69, 9.17) is 0 Å². The number of carboxylic acids is 1. The van der Waals surface area contributed by atoms with Gasteiger partial charge in [-0.3, -0.25) is 9.59 Å². The Balaban J connectivity index is 2.23. The molecule has 1 saturated heterocycles. The number of hydrogen-bond donors (Lipinski definition) is 2. The number of carboxylic acid groups (broad SMARTS) is 1. The number of carbonyl (C=O) groups is 3. The van der Waals surface area contributed by atoms with Crippen LogP contribution in [0.3, 0.4) is 0 Å². The fourth-order valence-electron chi connectivity index (χ4n) is 2.87. The van der Waals surface area contributed by atoms with Gasteiger partial charge in [0.1, 0.15) is 11.8 Å². The molecule has 0 aliphatic carbocycles. The van der Waals surface area contributed by atoms with E-state index in [1.54, 1.807) is 0 Å². The van der Waals surface area contributed by atoms with Gasteiger partial charge in [-0.1, -0.05) is 13.8 Å². The number of likely N-dealkylation sites (tertiary alicyclic amines) is 1. The summed E-state index contributed by atoms with van der Waals surface area (Å²) in [6.07, 6.45) is 1.99. The van der Waals surface area contributed by atoms with E-state index < -0.39 is 17.4 Å². The molecule has 2 rings (SSSR count). The van der Waals surface area contributed by atoms with Gasteiger partial charge in [0.2, 0.25) is 5.91 Å². The predicted molar refractivity (Wildman–Crippen MR) is 71.0 cm³/mol. The number of rotatable bonds is 2. The minimum atomic E-state index is -0.997. The molecule has 7 heteroatoms. The number of amides is 2. The monoisotopic (exact) mass is 281 g/mol. The molecule has 2 aliphatic rings. The van der Waals surface area contributed by atoms with Gasteiger partial charge in [-0.05, 0) is 18.3 Å². The van der Waals surface area contributed by atoms with Gasteiger partial charge >= 0.3 is 5.97 Å². The van der Waals surface area contributed by atoms with Crippen LogP contribution < -0.4 is 5.43 Å². The Morgan fingerprint density at radius 2 is 2.10 bits per heavy atom. The highest BCUT2D eigenvalue weighted by Crippen LogP contribution is 2.35. The Labute approximate surface area is 117 Å². The van der Waals surface area contributed by atoms with Gasteiger partial charge in [0.05, 0.1) is 0 Å². The molecule has 2 N–H and O–H groups in total. The molecular weight excluding hydrogens is 262 g/mol. The molecule has 20 heavy (non-hydrogen) atoms. The van der Waals surface area contributed by atoms with Crippen molar-refractivity contribution in [2.24, 2.45) is 10.5 Å². The molecular formula is C13H19N3O4. The number of nitrogens with zero attached hydrogens (tertiary/aromatic N) is 2. The van der Waals surface area contributed by atoms with Crippen molar-refractivity contribution in [3.05, 3.63) is 0 Å². The van der Waals surface area contributed by atoms with Crippen LogP contribution in [0.25, 0.3) is 0 Å². The highest BCUT2D eigenvalue weighted by molar-refractivity contribution is 6.39. The SMILES string of the molecule is CC1(C)CCCN(C(=O)C2=NNC(=O)CC2)C1C(=O)O. The molecule has 2 aliphatic heterocycles. The Hall–Kier alpha value is -1.92. The number of aliphatic carboxylic acids is 1. The standard InChI is InChI=1S/C13H19N3O4/c1-13(2)6-3-7-16(10(13)12(19)20)11(18)8-4-5-9(17)15-14-8/h10H,3-7H2,1-2H3,(H,15,17)(H,19,20). The molecule has 7 nitrogen and oxygen atoms in total. The summed E-state index contributed by atoms with van der Waals surface area (Å²) in [5, 5.41) is 13.2. The zero-order chi connectivity index (χ0) is 14.9. The third-order valence-corrected chi connectivity index (χ3v) is 3.92. The van der Waals surface area contributed by atoms with Crippen LogP contribution in [0, 0.1) is 5.41 Å². The summed E-state index contributed by atoms with van der Waals surface area (Å²) in [6.45, 7) is 4.12. The molecule has 0 spiro atoms. The van der Waals surface area contributed by atoms with Crippen LogP contribution in [0.1, 0.15) is 39.5 Å². The van der Waals surface area contributed by atoms with Crippen molar-refractivity contribution < 1.29 is 19.5 Å². The molecule has 2 amide bonds. The van der Waals surface area contributed by atoms with Crippen molar-refractivity contribution in [3.63, 3.8) is 0 Å². The average molecular weight is 281 g/mol. The highest BCUT2D eigenvalue weighted by atomic mass is 16.4. The first-order chi connectivity index (χ1) is 9.33. The lowest BCUT2D eigenvalue weighted by atomic mass is 9.76. The topological polar surface area (TPSA) is 99.1 Å². The Morgan fingerprint density at radius 3 is 2.65 bits per heavy atom. The zero-order valence-corrected chi connectivity index (χ0v) is 11.7. The first kappa shape index (κ1) is 14.5. The Kier molecular flexibility index (Phi) is 3.78. The molecule has 0 bridgehead atoms. The van der Waals surface area contributed by atoms with Crippen molar-refractivity contribution in [1.82, 2.24) is 10.3 Å². The Bertz CT molecular complexity index is 484. The second kappa shape index (κ2) is 5.22. The van der Waals surface area contributed by atoms with Crippen LogP contribution in [-0.2, 0) is 14.4 Å². The smallest absolute Gasteiger partial charge is 0.326 e. The summed E-state index contributed by atoms with van der Waals surface area (Å²) < 4.78 is 0. The van der Waals surface area contributed by atoms with Crippen LogP contribution in [0.5, 0.6) is 0 Å². The molecule has 1 atom stereocenters. The minimum Gasteiger partial charge on any atom is -0.480 e. The summed E-state index contributed by atoms with van der Waals surface area (Å²) in [6, 6.07) is -0.857. The zero-order valence-electron chi connectivity index (χ0n) is 11.7. The van der Waals surface area contributed by atoms with E-state index in [0.717, 1.165) is 12.8 Å². The van der Waals surface area contributed by atoms with E-state index in [1.165, 1.54) is 4.90 Å². The van der Waals surface area contributed by atoms with Gasteiger partial charge in [0.15, 0.2) is 0 Å². The largest absolute Gasteiger partial charge is 0.480 e. The quantitative estimate of drug-likeness (QED) is 0.763. The molecule has 0 aromatic rings. The summed E-state index contributed by atoms with van der Waals surface area (Å²) >= 11 is 0. The molecule has 0 saturated carbocycles. The predicted octanol–water partition coefficient (Wildman–Crippen LogP) is 0.354. The maximum atomic E-state index is 12.4. The summed E-state index contributed by atoms with van der Waals surface area (Å²) in [5.74, 6) is -1.61. The van der Waals surface area contributed by atoms with Crippen molar-refractivity contribution >= 4 is 23.5 Å². The molecule has 1 fully saturated rings. The first-order valence-corrected chi connectivity index (χ1v) is 6.72. The summed E-state index contributed by atoms with van der Waals surface area (Å²) in [5.41, 5.74) is 2.03. The van der Waals surface area contributed by atoms with E-state index in [9.17, 15) is 19.5 Å². The van der Waals surface area contributed by atoms with Crippen LogP contribution >= 0.6 is 0 Å². The maximum Gasteiger partial charge on any atom is 0.326 e. The van der Waals surface area contributed by atoms with E-state index in [2.05, 4.69) is 10.5 Å². The van der Waals surface area contributed by atoms with Gasteiger partial charge in [-0.25, -0.2) is 10.2 Å². The molecule has 2 heterocycles. The van der Waals surface area contributed by atoms with Gasteiger partial charge < -0.3 is 10.0 Å². The Morgan fingerprint density at radius 1 is 1.40 bits per heavy atom. The first-order valence-electron chi connectivity index (χ1n) is 6.72. The summed E-state index contributed by atoms with van der Waals surface area (Å²) in [7, 11) is 0. The van der Waals surface area contributed by atoms with E-state index in [-0.39, 0.29) is 30.4 Å². The fourth-order valence-corrected chi connectivity index (χ4v) is 2.87. The van der Waals surface area contributed by atoms with Gasteiger partial charge in [0, 0.05) is 19.4 Å². The van der Waals surface area contributed by atoms with Crippen molar-refractivity contribution in [2.45, 2.75) is 45.6 Å². The number of piperidine rings is 1. The van der Waals surface area contributed by atoms with Gasteiger partial charge in [-0.2, -0.15) is 5.10 Å². The number of hydrogen-bond acceptors (Lipinski definition) is 4. The molecule has 110 valence electrons. The lowest BCUT2D eigenvalue weighted by Gasteiger charge is -2.44. The molecule has 1 unspecified atom stereocenters. The van der Waals surface area contributed by atoms with E-state index in [0.29, 0.717) is 6.54 Å². The van der Waals surface area contributed by atoms with Gasteiger partial charge in [-0.15, -0.1) is 0 Å². The lowest BCUT2D eigenvalue weighted by molar-refractivity contribution is -0.156. The molecule has 0 radical (unpaired) electrons. The molecule has 0 aromatic heterocycles. The minimum absolute atomic E-state index is 0.208. The van der Waals surface area contributed by atoms with E-state index >= 15 is 0 Å². The lowest BCUT2D eigenvalue weighted by Crippen LogP contribution is -2.58. The second-order valence-corrected chi connectivity index (χ2v) is 5.92. The maximum absolute atomic E-state index is 12.4. The fraction of sp³-hybridized carbons (Fsp3) is 0.692. The van der Waals surface area contributed by atoms with Crippen molar-refractivity contribution in [1.29, 1.82) is 0 Å².